The van der Waals surface area contributed by atoms with Gasteiger partial charge in [-0.25, -0.2) is 9.13 Å². The van der Waals surface area contributed by atoms with Gasteiger partial charge in [0.15, 0.2) is 12.2 Å². The predicted octanol–water partition coefficient (Wildman–Crippen LogP) is 27.2. The second-order valence-electron chi connectivity index (χ2n) is 32.1. The van der Waals surface area contributed by atoms with Crippen LogP contribution in [0.2, 0.25) is 0 Å². The Kier molecular flexibility index (Phi) is 79.2. The summed E-state index contributed by atoms with van der Waals surface area (Å²) in [4.78, 5) is 73.0. The lowest BCUT2D eigenvalue weighted by Crippen LogP contribution is -2.30. The van der Waals surface area contributed by atoms with Gasteiger partial charge in [-0.2, -0.15) is 0 Å². The minimum Gasteiger partial charge on any atom is -0.462 e. The fourth-order valence-corrected chi connectivity index (χ4v) is 15.4. The van der Waals surface area contributed by atoms with Crippen LogP contribution in [0.15, 0.2) is 0 Å². The van der Waals surface area contributed by atoms with Crippen LogP contribution in [-0.4, -0.2) is 96.7 Å². The first-order valence-electron chi connectivity index (χ1n) is 45.6. The Morgan fingerprint density at radius 1 is 0.252 bits per heavy atom. The molecule has 0 aromatic heterocycles. The minimum absolute atomic E-state index is 0.108. The minimum atomic E-state index is -4.96. The molecule has 0 rings (SSSR count). The van der Waals surface area contributed by atoms with Gasteiger partial charge in [0.05, 0.1) is 26.4 Å². The van der Waals surface area contributed by atoms with Gasteiger partial charge in [0.2, 0.25) is 0 Å². The standard InChI is InChI=1S/C88H172O17P2/c1-6-9-12-15-17-19-21-23-25-27-29-31-33-37-41-45-49-53-57-62-67-72-86(91)99-78-84(105-88(93)74-69-64-59-55-51-47-43-39-35-34-36-40-44-48-52-56-61-65-70-81(4)5)80-103-107(96,97)101-76-82(89)75-100-106(94,95)102-79-83(77-98-85(90)71-66-60-14-11-8-3)104-87(92)73-68-63-58-54-50-46-42-38-32-30-28-26-24-22-20-18-16-13-10-7-2/h81-84,89H,6-80H2,1-5H3,(H,94,95)(H,96,97)/t82-,83+,84+/m0/s1. The SMILES string of the molecule is CCCCCCCCCCCCCCCCCCCCCCCC(=O)OC[C@H](COP(=O)(O)OC[C@@H](O)COP(=O)(O)OC[C@@H](COC(=O)CCCCCCC)OC(=O)CCCCCCCCCCCCCCCCCCCCCC)OC(=O)CCCCCCCCCCCCCCCCCCCCC(C)C. The van der Waals surface area contributed by atoms with Gasteiger partial charge in [0, 0.05) is 25.7 Å². The molecule has 5 atom stereocenters. The van der Waals surface area contributed by atoms with Crippen molar-refractivity contribution in [3.05, 3.63) is 0 Å². The van der Waals surface area contributed by atoms with E-state index >= 15 is 0 Å². The first-order valence-corrected chi connectivity index (χ1v) is 48.6. The van der Waals surface area contributed by atoms with Crippen molar-refractivity contribution in [3.8, 4) is 0 Å². The molecule has 0 saturated carbocycles. The number of aliphatic hydroxyl groups is 1. The quantitative estimate of drug-likeness (QED) is 0.0222. The monoisotopic (exact) mass is 1560 g/mol. The lowest BCUT2D eigenvalue weighted by atomic mass is 10.0. The largest absolute Gasteiger partial charge is 0.472 e. The number of carbonyl (C=O) groups excluding carboxylic acids is 4. The molecule has 0 bridgehead atoms. The molecule has 0 spiro atoms. The number of phosphoric ester groups is 2. The van der Waals surface area contributed by atoms with E-state index < -0.39 is 97.5 Å². The molecule has 17 nitrogen and oxygen atoms in total. The second-order valence-corrected chi connectivity index (χ2v) is 35.0. The van der Waals surface area contributed by atoms with E-state index in [1.54, 1.807) is 0 Å². The number of unbranched alkanes of at least 4 members (excludes halogenated alkanes) is 60. The van der Waals surface area contributed by atoms with Gasteiger partial charge < -0.3 is 33.8 Å². The predicted molar refractivity (Wildman–Crippen MR) is 442 cm³/mol. The van der Waals surface area contributed by atoms with Crippen molar-refractivity contribution in [2.45, 2.75) is 496 Å². The molecule has 0 radical (unpaired) electrons. The summed E-state index contributed by atoms with van der Waals surface area (Å²) in [5, 5.41) is 10.6. The van der Waals surface area contributed by atoms with Gasteiger partial charge in [-0.1, -0.05) is 426 Å². The van der Waals surface area contributed by atoms with E-state index in [4.69, 9.17) is 37.0 Å². The van der Waals surface area contributed by atoms with Crippen molar-refractivity contribution in [2.24, 2.45) is 5.92 Å². The van der Waals surface area contributed by atoms with E-state index in [0.29, 0.717) is 25.7 Å². The maximum absolute atomic E-state index is 13.1. The molecule has 0 aliphatic carbocycles. The van der Waals surface area contributed by atoms with Crippen LogP contribution >= 0.6 is 15.6 Å². The third-order valence-electron chi connectivity index (χ3n) is 20.8. The van der Waals surface area contributed by atoms with Crippen molar-refractivity contribution >= 4 is 39.5 Å². The Morgan fingerprint density at radius 3 is 0.636 bits per heavy atom. The zero-order chi connectivity index (χ0) is 78.3. The van der Waals surface area contributed by atoms with Crippen LogP contribution in [0.25, 0.3) is 0 Å². The van der Waals surface area contributed by atoms with E-state index in [-0.39, 0.29) is 25.7 Å². The third kappa shape index (κ3) is 81.9. The van der Waals surface area contributed by atoms with Crippen molar-refractivity contribution in [3.63, 3.8) is 0 Å². The molecule has 19 heteroatoms. The van der Waals surface area contributed by atoms with Crippen LogP contribution in [0.3, 0.4) is 0 Å². The van der Waals surface area contributed by atoms with Crippen LogP contribution in [0, 0.1) is 5.92 Å². The number of hydrogen-bond donors (Lipinski definition) is 3. The number of carbonyl (C=O) groups is 4. The summed E-state index contributed by atoms with van der Waals surface area (Å²) in [7, 11) is -9.92. The molecule has 0 saturated heterocycles. The third-order valence-corrected chi connectivity index (χ3v) is 22.7. The number of phosphoric acid groups is 2. The van der Waals surface area contributed by atoms with Crippen LogP contribution in [0.1, 0.15) is 478 Å². The van der Waals surface area contributed by atoms with E-state index in [2.05, 4.69) is 34.6 Å². The molecule has 0 aromatic carbocycles. The average Bonchev–Trinajstić information content (AvgIpc) is 0.907. The summed E-state index contributed by atoms with van der Waals surface area (Å²) in [6.45, 7) is 7.32. The lowest BCUT2D eigenvalue weighted by Gasteiger charge is -2.21. The number of aliphatic hydroxyl groups excluding tert-OH is 1. The molecule has 0 amide bonds. The molecule has 2 unspecified atom stereocenters. The van der Waals surface area contributed by atoms with Crippen LogP contribution in [0.5, 0.6) is 0 Å². The number of rotatable bonds is 88. The highest BCUT2D eigenvalue weighted by Crippen LogP contribution is 2.45. The zero-order valence-electron chi connectivity index (χ0n) is 70.3. The van der Waals surface area contributed by atoms with Gasteiger partial charge >= 0.3 is 39.5 Å². The topological polar surface area (TPSA) is 237 Å². The number of hydrogen-bond acceptors (Lipinski definition) is 15. The molecule has 636 valence electrons. The van der Waals surface area contributed by atoms with Gasteiger partial charge in [-0.15, -0.1) is 0 Å². The van der Waals surface area contributed by atoms with Crippen molar-refractivity contribution in [1.29, 1.82) is 0 Å². The summed E-state index contributed by atoms with van der Waals surface area (Å²) in [6, 6.07) is 0. The molecular weight excluding hydrogens is 1390 g/mol. The van der Waals surface area contributed by atoms with Crippen molar-refractivity contribution in [1.82, 2.24) is 0 Å². The fourth-order valence-electron chi connectivity index (χ4n) is 13.8. The summed E-state index contributed by atoms with van der Waals surface area (Å²) in [5.74, 6) is -1.29. The first-order chi connectivity index (χ1) is 52.0. The molecule has 0 fully saturated rings. The highest BCUT2D eigenvalue weighted by Gasteiger charge is 2.30. The van der Waals surface area contributed by atoms with Gasteiger partial charge in [-0.3, -0.25) is 37.3 Å². The van der Waals surface area contributed by atoms with Crippen molar-refractivity contribution in [2.75, 3.05) is 39.6 Å². The first kappa shape index (κ1) is 105. The highest BCUT2D eigenvalue weighted by atomic mass is 31.2. The van der Waals surface area contributed by atoms with Crippen LogP contribution < -0.4 is 0 Å². The summed E-state index contributed by atoms with van der Waals surface area (Å²) in [5.41, 5.74) is 0. The maximum Gasteiger partial charge on any atom is 0.472 e. The van der Waals surface area contributed by atoms with E-state index in [1.807, 2.05) is 0 Å². The zero-order valence-corrected chi connectivity index (χ0v) is 72.1. The second kappa shape index (κ2) is 80.7. The number of esters is 4. The molecule has 107 heavy (non-hydrogen) atoms. The molecule has 3 N–H and O–H groups in total. The van der Waals surface area contributed by atoms with Gasteiger partial charge in [0.1, 0.15) is 19.3 Å². The Hall–Kier alpha value is -1.94. The van der Waals surface area contributed by atoms with E-state index in [1.165, 1.54) is 295 Å². The smallest absolute Gasteiger partial charge is 0.462 e. The highest BCUT2D eigenvalue weighted by molar-refractivity contribution is 7.47. The molecule has 0 aliphatic heterocycles. The summed E-state index contributed by atoms with van der Waals surface area (Å²) >= 11 is 0. The summed E-state index contributed by atoms with van der Waals surface area (Å²) in [6.07, 6.45) is 75.7. The van der Waals surface area contributed by atoms with E-state index in [9.17, 15) is 43.2 Å². The van der Waals surface area contributed by atoms with E-state index in [0.717, 1.165) is 102 Å². The maximum atomic E-state index is 13.1. The Labute approximate surface area is 658 Å². The normalized spacial score (nSPS) is 13.7. The van der Waals surface area contributed by atoms with Crippen LogP contribution in [-0.2, 0) is 65.4 Å². The molecule has 0 aromatic rings. The van der Waals surface area contributed by atoms with Crippen molar-refractivity contribution < 1.29 is 80.2 Å². The van der Waals surface area contributed by atoms with Gasteiger partial charge in [0.25, 0.3) is 0 Å². The fraction of sp³-hybridized carbons (Fsp3) is 0.955. The molecule has 0 aliphatic rings. The molecule has 0 heterocycles. The average molecular weight is 1560 g/mol. The lowest BCUT2D eigenvalue weighted by molar-refractivity contribution is -0.161. The van der Waals surface area contributed by atoms with Crippen LogP contribution in [0.4, 0.5) is 0 Å². The Balaban J connectivity index is 5.08. The molecular formula is C88H172O17P2. The Morgan fingerprint density at radius 2 is 0.430 bits per heavy atom. The van der Waals surface area contributed by atoms with Gasteiger partial charge in [-0.05, 0) is 31.6 Å². The summed E-state index contributed by atoms with van der Waals surface area (Å²) < 4.78 is 68.7. The number of ether oxygens (including phenoxy) is 4. The Bertz CT molecular complexity index is 2030.